The van der Waals surface area contributed by atoms with E-state index in [9.17, 15) is 5.11 Å². The Bertz CT molecular complexity index is 648. The lowest BCUT2D eigenvalue weighted by molar-refractivity contribution is 0.474. The molecular formula is C16H16N2OS. The van der Waals surface area contributed by atoms with Gasteiger partial charge in [0, 0.05) is 11.1 Å². The molecule has 0 aliphatic rings. The van der Waals surface area contributed by atoms with Crippen LogP contribution in [-0.2, 0) is 0 Å². The molecule has 4 heteroatoms. The molecule has 20 heavy (non-hydrogen) atoms. The van der Waals surface area contributed by atoms with Crippen LogP contribution in [0.25, 0.3) is 0 Å². The third kappa shape index (κ3) is 3.42. The van der Waals surface area contributed by atoms with Gasteiger partial charge in [-0.1, -0.05) is 54.2 Å². The average molecular weight is 284 g/mol. The van der Waals surface area contributed by atoms with Crippen molar-refractivity contribution in [1.29, 1.82) is 0 Å². The topological polar surface area (TPSA) is 44.6 Å². The fourth-order valence-corrected chi connectivity index (χ4v) is 1.93. The van der Waals surface area contributed by atoms with Crippen LogP contribution in [0.3, 0.4) is 0 Å². The standard InChI is InChI=1S/C16H16N2OS/c1-11-7-9-13(10-8-11)16(20)18-17-12(2)14-5-3-4-6-15(14)19/h3-10,19H,1-2H3,(H,18,20)/b17-12-. The number of hydrazone groups is 1. The number of thiocarbonyl (C=S) groups is 1. The molecule has 2 aromatic carbocycles. The van der Waals surface area contributed by atoms with E-state index in [-0.39, 0.29) is 5.75 Å². The van der Waals surface area contributed by atoms with Crippen molar-refractivity contribution in [3.05, 3.63) is 65.2 Å². The Morgan fingerprint density at radius 2 is 1.75 bits per heavy atom. The first-order chi connectivity index (χ1) is 9.58. The van der Waals surface area contributed by atoms with E-state index in [2.05, 4.69) is 10.5 Å². The summed E-state index contributed by atoms with van der Waals surface area (Å²) in [6, 6.07) is 15.0. The van der Waals surface area contributed by atoms with Gasteiger partial charge >= 0.3 is 0 Å². The molecule has 0 heterocycles. The van der Waals surface area contributed by atoms with Crippen molar-refractivity contribution < 1.29 is 5.11 Å². The van der Waals surface area contributed by atoms with Gasteiger partial charge in [-0.05, 0) is 26.0 Å². The number of nitrogens with zero attached hydrogens (tertiary/aromatic N) is 1. The maximum atomic E-state index is 9.75. The average Bonchev–Trinajstić information content (AvgIpc) is 2.45. The second-order valence-electron chi connectivity index (χ2n) is 4.52. The Kier molecular flexibility index (Phi) is 4.48. The zero-order chi connectivity index (χ0) is 14.5. The molecular weight excluding hydrogens is 268 g/mol. The summed E-state index contributed by atoms with van der Waals surface area (Å²) in [7, 11) is 0. The largest absolute Gasteiger partial charge is 0.507 e. The van der Waals surface area contributed by atoms with Crippen molar-refractivity contribution in [2.75, 3.05) is 0 Å². The van der Waals surface area contributed by atoms with Gasteiger partial charge < -0.3 is 5.11 Å². The monoisotopic (exact) mass is 284 g/mol. The normalized spacial score (nSPS) is 11.2. The van der Waals surface area contributed by atoms with E-state index in [1.165, 1.54) is 5.56 Å². The number of nitrogens with one attached hydrogen (secondary N) is 1. The highest BCUT2D eigenvalue weighted by atomic mass is 32.1. The van der Waals surface area contributed by atoms with Crippen LogP contribution in [0.15, 0.2) is 53.6 Å². The summed E-state index contributed by atoms with van der Waals surface area (Å²) in [6.07, 6.45) is 0. The number of phenols is 1. The first kappa shape index (κ1) is 14.2. The molecule has 0 atom stereocenters. The number of aryl methyl sites for hydroxylation is 1. The molecule has 0 aliphatic carbocycles. The predicted octanol–water partition coefficient (Wildman–Crippen LogP) is 3.39. The number of para-hydroxylation sites is 1. The lowest BCUT2D eigenvalue weighted by Crippen LogP contribution is -2.18. The number of aromatic hydroxyl groups is 1. The molecule has 0 fully saturated rings. The highest BCUT2D eigenvalue weighted by Gasteiger charge is 2.04. The Labute approximate surface area is 124 Å². The van der Waals surface area contributed by atoms with Crippen LogP contribution in [-0.4, -0.2) is 15.8 Å². The summed E-state index contributed by atoms with van der Waals surface area (Å²) in [5, 5.41) is 14.0. The van der Waals surface area contributed by atoms with E-state index in [0.29, 0.717) is 16.3 Å². The minimum absolute atomic E-state index is 0.205. The van der Waals surface area contributed by atoms with E-state index in [0.717, 1.165) is 5.56 Å². The summed E-state index contributed by atoms with van der Waals surface area (Å²) in [5.41, 5.74) is 6.32. The number of hydrogen-bond donors (Lipinski definition) is 2. The molecule has 2 aromatic rings. The van der Waals surface area contributed by atoms with E-state index < -0.39 is 0 Å². The Hall–Kier alpha value is -2.20. The van der Waals surface area contributed by atoms with Crippen LogP contribution in [0.2, 0.25) is 0 Å². The molecule has 0 saturated carbocycles. The minimum Gasteiger partial charge on any atom is -0.507 e. The molecule has 2 N–H and O–H groups in total. The Morgan fingerprint density at radius 3 is 2.40 bits per heavy atom. The zero-order valence-corrected chi connectivity index (χ0v) is 12.2. The molecule has 0 amide bonds. The van der Waals surface area contributed by atoms with Gasteiger partial charge in [-0.25, -0.2) is 0 Å². The van der Waals surface area contributed by atoms with Crippen LogP contribution in [0.1, 0.15) is 23.6 Å². The molecule has 0 bridgehead atoms. The third-order valence-electron chi connectivity index (χ3n) is 2.93. The van der Waals surface area contributed by atoms with Crippen molar-refractivity contribution in [3.8, 4) is 5.75 Å². The predicted molar refractivity (Wildman–Crippen MR) is 86.3 cm³/mol. The Morgan fingerprint density at radius 1 is 1.10 bits per heavy atom. The number of benzene rings is 2. The summed E-state index contributed by atoms with van der Waals surface area (Å²) >= 11 is 5.28. The molecule has 0 aliphatic heterocycles. The first-order valence-electron chi connectivity index (χ1n) is 6.27. The zero-order valence-electron chi connectivity index (χ0n) is 11.4. The molecule has 0 unspecified atom stereocenters. The molecule has 0 spiro atoms. The first-order valence-corrected chi connectivity index (χ1v) is 6.68. The molecule has 3 nitrogen and oxygen atoms in total. The summed E-state index contributed by atoms with van der Waals surface area (Å²) in [5.74, 6) is 0.205. The third-order valence-corrected chi connectivity index (χ3v) is 3.26. The fourth-order valence-electron chi connectivity index (χ4n) is 1.74. The van der Waals surface area contributed by atoms with Gasteiger partial charge in [0.25, 0.3) is 0 Å². The van der Waals surface area contributed by atoms with E-state index in [4.69, 9.17) is 12.2 Å². The van der Waals surface area contributed by atoms with Crippen LogP contribution in [0.5, 0.6) is 5.75 Å². The van der Waals surface area contributed by atoms with Crippen molar-refractivity contribution in [2.45, 2.75) is 13.8 Å². The van der Waals surface area contributed by atoms with Gasteiger partial charge in [0.1, 0.15) is 10.7 Å². The fraction of sp³-hybridized carbons (Fsp3) is 0.125. The van der Waals surface area contributed by atoms with Gasteiger partial charge in [0.05, 0.1) is 5.71 Å². The van der Waals surface area contributed by atoms with Gasteiger partial charge in [0.2, 0.25) is 0 Å². The second-order valence-corrected chi connectivity index (χ2v) is 4.93. The highest BCUT2D eigenvalue weighted by molar-refractivity contribution is 7.80. The maximum absolute atomic E-state index is 9.75. The highest BCUT2D eigenvalue weighted by Crippen LogP contribution is 2.16. The van der Waals surface area contributed by atoms with Crippen molar-refractivity contribution >= 4 is 22.9 Å². The van der Waals surface area contributed by atoms with Crippen LogP contribution in [0, 0.1) is 6.92 Å². The molecule has 2 rings (SSSR count). The smallest absolute Gasteiger partial charge is 0.126 e. The van der Waals surface area contributed by atoms with Crippen molar-refractivity contribution in [2.24, 2.45) is 5.10 Å². The van der Waals surface area contributed by atoms with Crippen molar-refractivity contribution in [1.82, 2.24) is 5.43 Å². The van der Waals surface area contributed by atoms with Gasteiger partial charge in [-0.2, -0.15) is 5.10 Å². The summed E-state index contributed by atoms with van der Waals surface area (Å²) < 4.78 is 0. The molecule has 102 valence electrons. The van der Waals surface area contributed by atoms with E-state index in [1.54, 1.807) is 12.1 Å². The van der Waals surface area contributed by atoms with Crippen LogP contribution in [0.4, 0.5) is 0 Å². The quantitative estimate of drug-likeness (QED) is 0.516. The summed E-state index contributed by atoms with van der Waals surface area (Å²) in [4.78, 5) is 0.555. The lowest BCUT2D eigenvalue weighted by atomic mass is 10.1. The van der Waals surface area contributed by atoms with E-state index in [1.807, 2.05) is 50.2 Å². The summed E-state index contributed by atoms with van der Waals surface area (Å²) in [6.45, 7) is 3.85. The molecule has 0 saturated heterocycles. The number of hydrogen-bond acceptors (Lipinski definition) is 3. The Balaban J connectivity index is 2.11. The van der Waals surface area contributed by atoms with Gasteiger partial charge in [-0.3, -0.25) is 5.43 Å². The number of rotatable bonds is 3. The van der Waals surface area contributed by atoms with Crippen LogP contribution >= 0.6 is 12.2 Å². The minimum atomic E-state index is 0.205. The maximum Gasteiger partial charge on any atom is 0.126 e. The SMILES string of the molecule is C/C(=N/NC(=S)c1ccc(C)cc1)c1ccccc1O. The second kappa shape index (κ2) is 6.30. The molecule has 0 radical (unpaired) electrons. The lowest BCUT2D eigenvalue weighted by Gasteiger charge is -2.06. The van der Waals surface area contributed by atoms with Gasteiger partial charge in [0.15, 0.2) is 0 Å². The van der Waals surface area contributed by atoms with E-state index >= 15 is 0 Å². The van der Waals surface area contributed by atoms with Gasteiger partial charge in [-0.15, -0.1) is 0 Å². The number of phenolic OH excluding ortho intramolecular Hbond substituents is 1. The van der Waals surface area contributed by atoms with Crippen LogP contribution < -0.4 is 5.43 Å². The molecule has 0 aromatic heterocycles. The van der Waals surface area contributed by atoms with Crippen molar-refractivity contribution in [3.63, 3.8) is 0 Å².